The largest absolute Gasteiger partial charge is 0.488 e. The molecule has 1 aromatic heterocycles. The van der Waals surface area contributed by atoms with Gasteiger partial charge in [-0.3, -0.25) is 4.79 Å². The van der Waals surface area contributed by atoms with E-state index in [1.165, 1.54) is 6.92 Å². The molecule has 6 heteroatoms. The Balaban J connectivity index is 1.75. The van der Waals surface area contributed by atoms with Crippen molar-refractivity contribution in [2.24, 2.45) is 0 Å². The van der Waals surface area contributed by atoms with Crippen LogP contribution in [0.3, 0.4) is 0 Å². The van der Waals surface area contributed by atoms with Crippen molar-refractivity contribution in [1.29, 1.82) is 0 Å². The third kappa shape index (κ3) is 3.00. The Kier molecular flexibility index (Phi) is 3.91. The van der Waals surface area contributed by atoms with E-state index in [4.69, 9.17) is 9.47 Å². The van der Waals surface area contributed by atoms with Crippen molar-refractivity contribution < 1.29 is 14.3 Å². The summed E-state index contributed by atoms with van der Waals surface area (Å²) in [5.74, 6) is 1.30. The third-order valence-corrected chi connectivity index (χ3v) is 3.53. The van der Waals surface area contributed by atoms with Gasteiger partial charge in [-0.15, -0.1) is 10.2 Å². The van der Waals surface area contributed by atoms with Gasteiger partial charge in [-0.1, -0.05) is 0 Å². The summed E-state index contributed by atoms with van der Waals surface area (Å²) in [6, 6.07) is 9.60. The van der Waals surface area contributed by atoms with Gasteiger partial charge in [-0.05, 0) is 29.8 Å². The number of amides is 1. The summed E-state index contributed by atoms with van der Waals surface area (Å²) in [6.45, 7) is 2.02. The predicted octanol–water partition coefficient (Wildman–Crippen LogP) is 1.59. The fourth-order valence-corrected chi connectivity index (χ4v) is 2.43. The minimum Gasteiger partial charge on any atom is -0.488 e. The molecule has 0 saturated heterocycles. The van der Waals surface area contributed by atoms with E-state index < -0.39 is 0 Å². The van der Waals surface area contributed by atoms with Gasteiger partial charge in [-0.25, -0.2) is 0 Å². The van der Waals surface area contributed by atoms with Gasteiger partial charge >= 0.3 is 0 Å². The maximum Gasteiger partial charge on any atom is 0.233 e. The van der Waals surface area contributed by atoms with Gasteiger partial charge < -0.3 is 14.8 Å². The van der Waals surface area contributed by atoms with Crippen LogP contribution in [-0.2, 0) is 11.2 Å². The highest BCUT2D eigenvalue weighted by Crippen LogP contribution is 2.32. The molecule has 0 fully saturated rings. The lowest BCUT2D eigenvalue weighted by Gasteiger charge is -2.10. The van der Waals surface area contributed by atoms with Crippen LogP contribution in [0.4, 0.5) is 0 Å². The van der Waals surface area contributed by atoms with Crippen LogP contribution in [0.15, 0.2) is 30.3 Å². The van der Waals surface area contributed by atoms with Crippen LogP contribution in [0.2, 0.25) is 0 Å². The highest BCUT2D eigenvalue weighted by atomic mass is 16.5. The molecule has 1 unspecified atom stereocenters. The van der Waals surface area contributed by atoms with E-state index in [2.05, 4.69) is 21.6 Å². The Labute approximate surface area is 128 Å². The van der Waals surface area contributed by atoms with Crippen molar-refractivity contribution in [3.8, 4) is 22.9 Å². The quantitative estimate of drug-likeness (QED) is 0.928. The number of nitrogens with one attached hydrogen (secondary N) is 1. The number of methoxy groups -OCH3 is 1. The SMILES string of the molecule is COc1ccc(-c2ccc3c(c2)CC(CNC(C)=O)O3)nn1. The van der Waals surface area contributed by atoms with Crippen molar-refractivity contribution in [2.75, 3.05) is 13.7 Å². The van der Waals surface area contributed by atoms with E-state index in [-0.39, 0.29) is 12.0 Å². The molecule has 1 aromatic carbocycles. The summed E-state index contributed by atoms with van der Waals surface area (Å²) in [5, 5.41) is 10.9. The zero-order valence-electron chi connectivity index (χ0n) is 12.5. The number of carbonyl (C=O) groups excluding carboxylic acids is 1. The third-order valence-electron chi connectivity index (χ3n) is 3.53. The van der Waals surface area contributed by atoms with Gasteiger partial charge in [0.2, 0.25) is 11.8 Å². The van der Waals surface area contributed by atoms with E-state index in [0.717, 1.165) is 29.0 Å². The molecule has 0 bridgehead atoms. The van der Waals surface area contributed by atoms with E-state index >= 15 is 0 Å². The van der Waals surface area contributed by atoms with Crippen LogP contribution >= 0.6 is 0 Å². The van der Waals surface area contributed by atoms with Crippen molar-refractivity contribution in [3.05, 3.63) is 35.9 Å². The molecule has 1 N–H and O–H groups in total. The second-order valence-corrected chi connectivity index (χ2v) is 5.16. The van der Waals surface area contributed by atoms with Gasteiger partial charge in [0, 0.05) is 25.0 Å². The van der Waals surface area contributed by atoms with Gasteiger partial charge in [-0.2, -0.15) is 0 Å². The summed E-state index contributed by atoms with van der Waals surface area (Å²) in [5.41, 5.74) is 2.89. The molecule has 1 aliphatic heterocycles. The smallest absolute Gasteiger partial charge is 0.233 e. The average Bonchev–Trinajstić information content (AvgIpc) is 2.95. The second-order valence-electron chi connectivity index (χ2n) is 5.16. The minimum atomic E-state index is -0.0475. The molecule has 22 heavy (non-hydrogen) atoms. The number of ether oxygens (including phenoxy) is 2. The monoisotopic (exact) mass is 299 g/mol. The average molecular weight is 299 g/mol. The number of hydrogen-bond acceptors (Lipinski definition) is 5. The van der Waals surface area contributed by atoms with Crippen LogP contribution in [0.1, 0.15) is 12.5 Å². The Morgan fingerprint density at radius 2 is 2.23 bits per heavy atom. The fraction of sp³-hybridized carbons (Fsp3) is 0.312. The molecule has 0 radical (unpaired) electrons. The first-order chi connectivity index (χ1) is 10.7. The summed E-state index contributed by atoms with van der Waals surface area (Å²) < 4.78 is 10.8. The topological polar surface area (TPSA) is 73.3 Å². The summed E-state index contributed by atoms with van der Waals surface area (Å²) in [6.07, 6.45) is 0.753. The number of aromatic nitrogens is 2. The highest BCUT2D eigenvalue weighted by molar-refractivity contribution is 5.72. The molecule has 2 aromatic rings. The van der Waals surface area contributed by atoms with E-state index in [9.17, 15) is 4.79 Å². The maximum atomic E-state index is 11.0. The number of rotatable bonds is 4. The van der Waals surface area contributed by atoms with Crippen molar-refractivity contribution >= 4 is 5.91 Å². The fourth-order valence-electron chi connectivity index (χ4n) is 2.43. The van der Waals surface area contributed by atoms with Crippen LogP contribution in [0, 0.1) is 0 Å². The van der Waals surface area contributed by atoms with E-state index in [1.54, 1.807) is 13.2 Å². The standard InChI is InChI=1S/C16H17N3O3/c1-10(20)17-9-13-8-12-7-11(3-5-15(12)22-13)14-4-6-16(21-2)19-18-14/h3-7,13H,8-9H2,1-2H3,(H,17,20). The lowest BCUT2D eigenvalue weighted by Crippen LogP contribution is -2.32. The molecular weight excluding hydrogens is 282 g/mol. The Hall–Kier alpha value is -2.63. The van der Waals surface area contributed by atoms with Crippen molar-refractivity contribution in [1.82, 2.24) is 15.5 Å². The van der Waals surface area contributed by atoms with Crippen LogP contribution in [0.5, 0.6) is 11.6 Å². The molecule has 0 spiro atoms. The van der Waals surface area contributed by atoms with Crippen LogP contribution in [0.25, 0.3) is 11.3 Å². The summed E-state index contributed by atoms with van der Waals surface area (Å²) in [7, 11) is 1.56. The highest BCUT2D eigenvalue weighted by Gasteiger charge is 2.23. The number of carbonyl (C=O) groups is 1. The first-order valence-electron chi connectivity index (χ1n) is 7.08. The second kappa shape index (κ2) is 6.01. The zero-order valence-corrected chi connectivity index (χ0v) is 12.5. The molecule has 1 amide bonds. The molecule has 3 rings (SSSR count). The Morgan fingerprint density at radius 3 is 2.91 bits per heavy atom. The number of nitrogens with zero attached hydrogens (tertiary/aromatic N) is 2. The summed E-state index contributed by atoms with van der Waals surface area (Å²) >= 11 is 0. The predicted molar refractivity (Wildman–Crippen MR) is 80.8 cm³/mol. The number of benzene rings is 1. The number of hydrogen-bond donors (Lipinski definition) is 1. The van der Waals surface area contributed by atoms with Crippen LogP contribution < -0.4 is 14.8 Å². The summed E-state index contributed by atoms with van der Waals surface area (Å²) in [4.78, 5) is 11.0. The lowest BCUT2D eigenvalue weighted by atomic mass is 10.0. The molecule has 6 nitrogen and oxygen atoms in total. The molecular formula is C16H17N3O3. The van der Waals surface area contributed by atoms with Crippen LogP contribution in [-0.4, -0.2) is 35.9 Å². The first-order valence-corrected chi connectivity index (χ1v) is 7.08. The first kappa shape index (κ1) is 14.3. The molecule has 1 aliphatic rings. The van der Waals surface area contributed by atoms with Crippen molar-refractivity contribution in [2.45, 2.75) is 19.4 Å². The van der Waals surface area contributed by atoms with Gasteiger partial charge in [0.25, 0.3) is 0 Å². The molecule has 1 atom stereocenters. The Bertz CT molecular complexity index is 686. The van der Waals surface area contributed by atoms with Crippen molar-refractivity contribution in [3.63, 3.8) is 0 Å². The number of fused-ring (bicyclic) bond motifs is 1. The Morgan fingerprint density at radius 1 is 1.36 bits per heavy atom. The van der Waals surface area contributed by atoms with E-state index in [1.807, 2.05) is 18.2 Å². The van der Waals surface area contributed by atoms with Gasteiger partial charge in [0.1, 0.15) is 11.9 Å². The van der Waals surface area contributed by atoms with Gasteiger partial charge in [0.15, 0.2) is 0 Å². The normalized spacial score (nSPS) is 15.8. The van der Waals surface area contributed by atoms with Gasteiger partial charge in [0.05, 0.1) is 19.3 Å². The minimum absolute atomic E-state index is 0.0175. The molecule has 0 saturated carbocycles. The lowest BCUT2D eigenvalue weighted by molar-refractivity contribution is -0.119. The molecule has 0 aliphatic carbocycles. The van der Waals surface area contributed by atoms with E-state index in [0.29, 0.717) is 12.4 Å². The maximum absolute atomic E-state index is 11.0. The molecule has 2 heterocycles. The zero-order chi connectivity index (χ0) is 15.5. The molecule has 114 valence electrons.